The standard InChI is InChI=1S/C11H8F4O2/c12-8-5-7(10(16)6-1-2-6)3-4-9(8)17-11(13,14)15/h3-6H,1-2H2. The minimum Gasteiger partial charge on any atom is -0.403 e. The van der Waals surface area contributed by atoms with Crippen molar-refractivity contribution in [3.05, 3.63) is 29.6 Å². The van der Waals surface area contributed by atoms with Gasteiger partial charge in [-0.3, -0.25) is 4.79 Å². The zero-order chi connectivity index (χ0) is 12.6. The summed E-state index contributed by atoms with van der Waals surface area (Å²) in [6.07, 6.45) is -3.44. The molecule has 1 aromatic carbocycles. The number of rotatable bonds is 3. The Labute approximate surface area is 94.2 Å². The summed E-state index contributed by atoms with van der Waals surface area (Å²) in [6.45, 7) is 0. The molecule has 0 aliphatic heterocycles. The Morgan fingerprint density at radius 2 is 1.94 bits per heavy atom. The molecule has 1 aliphatic rings. The molecule has 0 N–H and O–H groups in total. The van der Waals surface area contributed by atoms with Crippen LogP contribution in [0.3, 0.4) is 0 Å². The normalized spacial score (nSPS) is 15.8. The fourth-order valence-corrected chi connectivity index (χ4v) is 1.44. The molecule has 0 aromatic heterocycles. The largest absolute Gasteiger partial charge is 0.573 e. The summed E-state index contributed by atoms with van der Waals surface area (Å²) >= 11 is 0. The Balaban J connectivity index is 2.19. The van der Waals surface area contributed by atoms with Gasteiger partial charge in [0.1, 0.15) is 0 Å². The van der Waals surface area contributed by atoms with Crippen molar-refractivity contribution >= 4 is 5.78 Å². The first-order chi connectivity index (χ1) is 7.87. The van der Waals surface area contributed by atoms with E-state index < -0.39 is 17.9 Å². The van der Waals surface area contributed by atoms with Crippen LogP contribution in [0.25, 0.3) is 0 Å². The predicted molar refractivity (Wildman–Crippen MR) is 50.1 cm³/mol. The fraction of sp³-hybridized carbons (Fsp3) is 0.364. The number of hydrogen-bond acceptors (Lipinski definition) is 2. The number of hydrogen-bond donors (Lipinski definition) is 0. The molecular formula is C11H8F4O2. The van der Waals surface area contributed by atoms with Gasteiger partial charge in [-0.1, -0.05) is 0 Å². The second-order valence-corrected chi connectivity index (χ2v) is 3.83. The van der Waals surface area contributed by atoms with Gasteiger partial charge in [0.15, 0.2) is 17.3 Å². The molecule has 17 heavy (non-hydrogen) atoms. The number of ketones is 1. The van der Waals surface area contributed by atoms with Gasteiger partial charge < -0.3 is 4.74 Å². The number of halogens is 4. The first-order valence-corrected chi connectivity index (χ1v) is 4.96. The summed E-state index contributed by atoms with van der Waals surface area (Å²) in [5, 5.41) is 0. The molecule has 0 bridgehead atoms. The molecule has 0 radical (unpaired) electrons. The molecule has 1 saturated carbocycles. The second kappa shape index (κ2) is 4.01. The first-order valence-electron chi connectivity index (χ1n) is 4.96. The number of alkyl halides is 3. The maximum atomic E-state index is 13.2. The topological polar surface area (TPSA) is 26.3 Å². The molecule has 0 unspecified atom stereocenters. The highest BCUT2D eigenvalue weighted by molar-refractivity contribution is 5.99. The van der Waals surface area contributed by atoms with E-state index >= 15 is 0 Å². The molecule has 0 saturated heterocycles. The van der Waals surface area contributed by atoms with Gasteiger partial charge in [0.05, 0.1) is 0 Å². The van der Waals surface area contributed by atoms with Crippen molar-refractivity contribution < 1.29 is 27.1 Å². The summed E-state index contributed by atoms with van der Waals surface area (Å²) in [4.78, 5) is 11.5. The van der Waals surface area contributed by atoms with Gasteiger partial charge in [-0.15, -0.1) is 13.2 Å². The van der Waals surface area contributed by atoms with Crippen LogP contribution in [0, 0.1) is 11.7 Å². The quantitative estimate of drug-likeness (QED) is 0.606. The highest BCUT2D eigenvalue weighted by Crippen LogP contribution is 2.34. The van der Waals surface area contributed by atoms with Crippen molar-refractivity contribution in [2.75, 3.05) is 0 Å². The van der Waals surface area contributed by atoms with Crippen LogP contribution in [0.5, 0.6) is 5.75 Å². The number of benzene rings is 1. The second-order valence-electron chi connectivity index (χ2n) is 3.83. The lowest BCUT2D eigenvalue weighted by Crippen LogP contribution is -2.18. The highest BCUT2D eigenvalue weighted by Gasteiger charge is 2.34. The van der Waals surface area contributed by atoms with Crippen LogP contribution in [0.4, 0.5) is 17.6 Å². The molecule has 0 spiro atoms. The van der Waals surface area contributed by atoms with Crippen molar-refractivity contribution in [1.82, 2.24) is 0 Å². The van der Waals surface area contributed by atoms with E-state index in [2.05, 4.69) is 4.74 Å². The van der Waals surface area contributed by atoms with Gasteiger partial charge in [0, 0.05) is 11.5 Å². The maximum absolute atomic E-state index is 13.2. The lowest BCUT2D eigenvalue weighted by atomic mass is 10.1. The molecular weight excluding hydrogens is 240 g/mol. The molecule has 1 aliphatic carbocycles. The van der Waals surface area contributed by atoms with E-state index in [4.69, 9.17) is 0 Å². The lowest BCUT2D eigenvalue weighted by Gasteiger charge is -2.10. The summed E-state index contributed by atoms with van der Waals surface area (Å²) in [5.41, 5.74) is 0.0829. The van der Waals surface area contributed by atoms with Crippen LogP contribution >= 0.6 is 0 Å². The van der Waals surface area contributed by atoms with Gasteiger partial charge in [0.2, 0.25) is 0 Å². The first kappa shape index (κ1) is 11.9. The van der Waals surface area contributed by atoms with E-state index in [1.54, 1.807) is 0 Å². The molecule has 0 atom stereocenters. The zero-order valence-corrected chi connectivity index (χ0v) is 8.55. The molecule has 1 aromatic rings. The number of ether oxygens (including phenoxy) is 1. The smallest absolute Gasteiger partial charge is 0.403 e. The fourth-order valence-electron chi connectivity index (χ4n) is 1.44. The van der Waals surface area contributed by atoms with E-state index in [9.17, 15) is 22.4 Å². The third-order valence-corrected chi connectivity index (χ3v) is 2.39. The molecule has 0 amide bonds. The van der Waals surface area contributed by atoms with Crippen LogP contribution < -0.4 is 4.74 Å². The van der Waals surface area contributed by atoms with E-state index in [1.165, 1.54) is 0 Å². The van der Waals surface area contributed by atoms with Crippen LogP contribution in [-0.2, 0) is 0 Å². The third kappa shape index (κ3) is 2.95. The minimum absolute atomic E-state index is 0.0829. The number of carbonyl (C=O) groups excluding carboxylic acids is 1. The van der Waals surface area contributed by atoms with Crippen molar-refractivity contribution in [2.45, 2.75) is 19.2 Å². The van der Waals surface area contributed by atoms with Gasteiger partial charge in [0.25, 0.3) is 0 Å². The number of carbonyl (C=O) groups is 1. The van der Waals surface area contributed by atoms with Gasteiger partial charge in [-0.05, 0) is 31.0 Å². The average Bonchev–Trinajstić information content (AvgIpc) is 3.01. The molecule has 1 fully saturated rings. The lowest BCUT2D eigenvalue weighted by molar-refractivity contribution is -0.275. The Bertz CT molecular complexity index is 449. The molecule has 2 nitrogen and oxygen atoms in total. The van der Waals surface area contributed by atoms with Crippen LogP contribution in [-0.4, -0.2) is 12.1 Å². The summed E-state index contributed by atoms with van der Waals surface area (Å²) < 4.78 is 52.3. The van der Waals surface area contributed by atoms with E-state index in [1.807, 2.05) is 0 Å². The Hall–Kier alpha value is -1.59. The zero-order valence-electron chi connectivity index (χ0n) is 8.55. The number of Topliss-reactive ketones (excluding diaryl/α,β-unsaturated/α-hetero) is 1. The molecule has 0 heterocycles. The van der Waals surface area contributed by atoms with Crippen LogP contribution in [0.1, 0.15) is 23.2 Å². The molecule has 6 heteroatoms. The third-order valence-electron chi connectivity index (χ3n) is 2.39. The van der Waals surface area contributed by atoms with Crippen LogP contribution in [0.2, 0.25) is 0 Å². The minimum atomic E-state index is -4.94. The SMILES string of the molecule is O=C(c1ccc(OC(F)(F)F)c(F)c1)C1CC1. The highest BCUT2D eigenvalue weighted by atomic mass is 19.4. The average molecular weight is 248 g/mol. The Morgan fingerprint density at radius 3 is 2.41 bits per heavy atom. The van der Waals surface area contributed by atoms with Gasteiger partial charge in [-0.25, -0.2) is 4.39 Å². The monoisotopic (exact) mass is 248 g/mol. The van der Waals surface area contributed by atoms with E-state index in [0.29, 0.717) is 0 Å². The summed E-state index contributed by atoms with van der Waals surface area (Å²) in [5.74, 6) is -2.45. The van der Waals surface area contributed by atoms with E-state index in [-0.39, 0.29) is 17.3 Å². The van der Waals surface area contributed by atoms with Crippen molar-refractivity contribution in [3.8, 4) is 5.75 Å². The summed E-state index contributed by atoms with van der Waals surface area (Å²) in [6, 6.07) is 2.74. The maximum Gasteiger partial charge on any atom is 0.573 e. The van der Waals surface area contributed by atoms with Gasteiger partial charge in [-0.2, -0.15) is 0 Å². The Morgan fingerprint density at radius 1 is 1.29 bits per heavy atom. The summed E-state index contributed by atoms with van der Waals surface area (Å²) in [7, 11) is 0. The molecule has 2 rings (SSSR count). The van der Waals surface area contributed by atoms with E-state index in [0.717, 1.165) is 31.0 Å². The molecule has 92 valence electrons. The predicted octanol–water partition coefficient (Wildman–Crippen LogP) is 3.32. The van der Waals surface area contributed by atoms with Crippen molar-refractivity contribution in [3.63, 3.8) is 0 Å². The van der Waals surface area contributed by atoms with Crippen molar-refractivity contribution in [1.29, 1.82) is 0 Å². The van der Waals surface area contributed by atoms with Gasteiger partial charge >= 0.3 is 6.36 Å². The Kier molecular flexibility index (Phi) is 2.81. The van der Waals surface area contributed by atoms with Crippen molar-refractivity contribution in [2.24, 2.45) is 5.92 Å². The van der Waals surface area contributed by atoms with Crippen LogP contribution in [0.15, 0.2) is 18.2 Å².